The highest BCUT2D eigenvalue weighted by Crippen LogP contribution is 1.89. The highest BCUT2D eigenvalue weighted by Gasteiger charge is 2.12. The van der Waals surface area contributed by atoms with Crippen molar-refractivity contribution in [3.63, 3.8) is 0 Å². The molecule has 0 aromatic carbocycles. The summed E-state index contributed by atoms with van der Waals surface area (Å²) >= 11 is 0. The summed E-state index contributed by atoms with van der Waals surface area (Å²) in [5, 5.41) is 7.74. The fraction of sp³-hybridized carbons (Fsp3) is 0.833. The third-order valence-electron chi connectivity index (χ3n) is 1.52. The minimum absolute atomic E-state index is 0. The summed E-state index contributed by atoms with van der Waals surface area (Å²) in [6.07, 6.45) is 1.03. The Hall–Kier alpha value is -0.840. The first-order chi connectivity index (χ1) is 5.29. The van der Waals surface area contributed by atoms with Gasteiger partial charge < -0.3 is 18.1 Å². The third kappa shape index (κ3) is 2.07. The van der Waals surface area contributed by atoms with Gasteiger partial charge in [-0.3, -0.25) is 0 Å². The minimum atomic E-state index is 0. The van der Waals surface area contributed by atoms with Crippen LogP contribution in [-0.2, 0) is 13.1 Å². The molecule has 0 radical (unpaired) electrons. The topological polar surface area (TPSA) is 60.6 Å². The number of tetrazole rings is 1. The standard InChI is InChI=1S/C6H13N5.ClH/c1-3-5-11-6(7)10(4-2)8-9-11;/h7H,3-5H2,1-2H3;1H. The molecule has 0 atom stereocenters. The van der Waals surface area contributed by atoms with Gasteiger partial charge >= 0.3 is 5.95 Å². The maximum Gasteiger partial charge on any atom is 0.362 e. The molecule has 1 aromatic rings. The first kappa shape index (κ1) is 11.2. The van der Waals surface area contributed by atoms with Crippen LogP contribution in [0, 0.1) is 0 Å². The van der Waals surface area contributed by atoms with Crippen LogP contribution in [0.3, 0.4) is 0 Å². The number of nitrogens with two attached hydrogens (primary N) is 1. The first-order valence-electron chi connectivity index (χ1n) is 3.88. The average molecular weight is 192 g/mol. The van der Waals surface area contributed by atoms with Crippen molar-refractivity contribution in [1.82, 2.24) is 15.1 Å². The molecule has 70 valence electrons. The van der Waals surface area contributed by atoms with Crippen molar-refractivity contribution < 1.29 is 17.1 Å². The van der Waals surface area contributed by atoms with Gasteiger partial charge in [-0.15, -0.1) is 4.68 Å². The average Bonchev–Trinajstić information content (AvgIpc) is 2.34. The maximum atomic E-state index is 5.70. The van der Waals surface area contributed by atoms with Gasteiger partial charge in [-0.25, -0.2) is 0 Å². The SMILES string of the molecule is CCC[n+]1nnn(CC)c1N.[Cl-]. The number of halogens is 1. The van der Waals surface area contributed by atoms with Gasteiger partial charge in [0, 0.05) is 0 Å². The number of rotatable bonds is 3. The van der Waals surface area contributed by atoms with Crippen LogP contribution in [0.15, 0.2) is 0 Å². The van der Waals surface area contributed by atoms with Gasteiger partial charge in [-0.2, -0.15) is 0 Å². The Morgan fingerprint density at radius 1 is 1.50 bits per heavy atom. The maximum absolute atomic E-state index is 5.70. The molecule has 0 saturated carbocycles. The summed E-state index contributed by atoms with van der Waals surface area (Å²) in [4.78, 5) is 0. The van der Waals surface area contributed by atoms with Crippen molar-refractivity contribution in [2.24, 2.45) is 0 Å². The Morgan fingerprint density at radius 2 is 2.17 bits per heavy atom. The van der Waals surface area contributed by atoms with Crippen LogP contribution < -0.4 is 22.8 Å². The number of hydrogen-bond donors (Lipinski definition) is 1. The number of nitrogen functional groups attached to an aromatic ring is 1. The molecule has 5 nitrogen and oxygen atoms in total. The van der Waals surface area contributed by atoms with Crippen LogP contribution in [0.1, 0.15) is 20.3 Å². The van der Waals surface area contributed by atoms with Gasteiger partial charge in [0.05, 0.1) is 18.3 Å². The smallest absolute Gasteiger partial charge is 0.362 e. The van der Waals surface area contributed by atoms with E-state index in [0.717, 1.165) is 19.5 Å². The molecular formula is C6H14ClN5. The van der Waals surface area contributed by atoms with E-state index in [0.29, 0.717) is 5.95 Å². The molecule has 0 aliphatic heterocycles. The van der Waals surface area contributed by atoms with Gasteiger partial charge in [-0.1, -0.05) is 11.6 Å². The molecule has 1 rings (SSSR count). The second-order valence-electron chi connectivity index (χ2n) is 2.38. The largest absolute Gasteiger partial charge is 1.00 e. The highest BCUT2D eigenvalue weighted by atomic mass is 35.5. The van der Waals surface area contributed by atoms with Gasteiger partial charge in [-0.05, 0) is 13.3 Å². The van der Waals surface area contributed by atoms with Crippen molar-refractivity contribution in [1.29, 1.82) is 0 Å². The molecule has 0 fully saturated rings. The zero-order chi connectivity index (χ0) is 8.27. The van der Waals surface area contributed by atoms with E-state index in [1.165, 1.54) is 0 Å². The molecule has 6 heteroatoms. The molecule has 0 amide bonds. The zero-order valence-electron chi connectivity index (χ0n) is 7.37. The molecule has 0 aliphatic carbocycles. The Morgan fingerprint density at radius 3 is 2.58 bits per heavy atom. The Bertz CT molecular complexity index is 234. The van der Waals surface area contributed by atoms with E-state index in [-0.39, 0.29) is 12.4 Å². The van der Waals surface area contributed by atoms with Crippen molar-refractivity contribution in [2.75, 3.05) is 5.73 Å². The van der Waals surface area contributed by atoms with E-state index in [4.69, 9.17) is 5.73 Å². The number of hydrogen-bond acceptors (Lipinski definition) is 3. The molecule has 2 N–H and O–H groups in total. The molecule has 1 aromatic heterocycles. The minimum Gasteiger partial charge on any atom is -1.00 e. The predicted molar refractivity (Wildman–Crippen MR) is 40.6 cm³/mol. The van der Waals surface area contributed by atoms with Crippen molar-refractivity contribution in [2.45, 2.75) is 33.4 Å². The van der Waals surface area contributed by atoms with E-state index in [1.807, 2.05) is 6.92 Å². The monoisotopic (exact) mass is 191 g/mol. The molecule has 1 heterocycles. The highest BCUT2D eigenvalue weighted by molar-refractivity contribution is 5.02. The van der Waals surface area contributed by atoms with E-state index >= 15 is 0 Å². The van der Waals surface area contributed by atoms with E-state index in [9.17, 15) is 0 Å². The van der Waals surface area contributed by atoms with E-state index in [2.05, 4.69) is 17.4 Å². The predicted octanol–water partition coefficient (Wildman–Crippen LogP) is -3.42. The lowest BCUT2D eigenvalue weighted by atomic mass is 10.5. The molecular weight excluding hydrogens is 178 g/mol. The summed E-state index contributed by atoms with van der Waals surface area (Å²) in [7, 11) is 0. The number of nitrogens with zero attached hydrogens (tertiary/aromatic N) is 4. The van der Waals surface area contributed by atoms with Crippen LogP contribution in [0.2, 0.25) is 0 Å². The van der Waals surface area contributed by atoms with Crippen molar-refractivity contribution >= 4 is 5.95 Å². The fourth-order valence-corrected chi connectivity index (χ4v) is 0.918. The fourth-order valence-electron chi connectivity index (χ4n) is 0.918. The summed E-state index contributed by atoms with van der Waals surface area (Å²) in [5.41, 5.74) is 5.70. The van der Waals surface area contributed by atoms with E-state index in [1.54, 1.807) is 9.36 Å². The van der Waals surface area contributed by atoms with E-state index < -0.39 is 0 Å². The molecule has 0 bridgehead atoms. The second kappa shape index (κ2) is 4.92. The summed E-state index contributed by atoms with van der Waals surface area (Å²) in [6, 6.07) is 0. The van der Waals surface area contributed by atoms with Crippen molar-refractivity contribution in [3.8, 4) is 0 Å². The summed E-state index contributed by atoms with van der Waals surface area (Å²) in [5.74, 6) is 0.634. The number of anilines is 1. The Labute approximate surface area is 77.9 Å². The molecule has 0 aliphatic rings. The van der Waals surface area contributed by atoms with Gasteiger partial charge in [0.1, 0.15) is 5.21 Å². The number of aromatic nitrogens is 4. The Balaban J connectivity index is 0.00000121. The zero-order valence-corrected chi connectivity index (χ0v) is 8.12. The van der Waals surface area contributed by atoms with Crippen molar-refractivity contribution in [3.05, 3.63) is 0 Å². The van der Waals surface area contributed by atoms with Gasteiger partial charge in [0.2, 0.25) is 0 Å². The summed E-state index contributed by atoms with van der Waals surface area (Å²) < 4.78 is 3.39. The first-order valence-corrected chi connectivity index (χ1v) is 3.88. The molecule has 12 heavy (non-hydrogen) atoms. The molecule has 0 unspecified atom stereocenters. The van der Waals surface area contributed by atoms with Gasteiger partial charge in [0.15, 0.2) is 0 Å². The van der Waals surface area contributed by atoms with Crippen LogP contribution in [0.25, 0.3) is 0 Å². The Kier molecular flexibility index (Phi) is 4.58. The summed E-state index contributed by atoms with van der Waals surface area (Å²) in [6.45, 7) is 5.68. The third-order valence-corrected chi connectivity index (χ3v) is 1.52. The van der Waals surface area contributed by atoms with Crippen LogP contribution in [-0.4, -0.2) is 15.1 Å². The molecule has 0 spiro atoms. The quantitative estimate of drug-likeness (QED) is 0.507. The van der Waals surface area contributed by atoms with Crippen LogP contribution in [0.4, 0.5) is 5.95 Å². The lowest BCUT2D eigenvalue weighted by molar-refractivity contribution is -0.741. The normalized spacial score (nSPS) is 9.50. The van der Waals surface area contributed by atoms with Gasteiger partial charge in [0.25, 0.3) is 0 Å². The number of aryl methyl sites for hydroxylation is 2. The van der Waals surface area contributed by atoms with Crippen LogP contribution in [0.5, 0.6) is 0 Å². The lowest BCUT2D eigenvalue weighted by Crippen LogP contribution is -3.00. The van der Waals surface area contributed by atoms with Crippen LogP contribution >= 0.6 is 0 Å². The second-order valence-corrected chi connectivity index (χ2v) is 2.38. The molecule has 0 saturated heterocycles. The lowest BCUT2D eigenvalue weighted by Gasteiger charge is -1.91.